The molecule has 102 valence electrons. The lowest BCUT2D eigenvalue weighted by Gasteiger charge is -2.10. The first-order valence-corrected chi connectivity index (χ1v) is 6.06. The molecule has 0 fully saturated rings. The minimum absolute atomic E-state index is 0.0572. The van der Waals surface area contributed by atoms with Crippen molar-refractivity contribution in [2.75, 3.05) is 0 Å². The van der Waals surface area contributed by atoms with Gasteiger partial charge >= 0.3 is 0 Å². The predicted molar refractivity (Wildman–Crippen MR) is 70.3 cm³/mol. The monoisotopic (exact) mass is 272 g/mol. The van der Waals surface area contributed by atoms with Crippen LogP contribution in [-0.4, -0.2) is 10.1 Å². The summed E-state index contributed by atoms with van der Waals surface area (Å²) in [5.74, 6) is -0.479. The van der Waals surface area contributed by atoms with E-state index >= 15 is 0 Å². The Kier molecular flexibility index (Phi) is 4.28. The first-order chi connectivity index (χ1) is 9.61. The third-order valence-electron chi connectivity index (χ3n) is 2.82. The largest absolute Gasteiger partial charge is 0.486 e. The normalized spacial score (nSPS) is 11.7. The fourth-order valence-electron chi connectivity index (χ4n) is 1.71. The SMILES string of the molecule is C[C@H](O)c1ccc(OCc2cccnc2C#N)c(F)c1. The molecule has 0 unspecified atom stereocenters. The van der Waals surface area contributed by atoms with Gasteiger partial charge in [-0.05, 0) is 30.7 Å². The Balaban J connectivity index is 2.14. The number of hydrogen-bond acceptors (Lipinski definition) is 4. The standard InChI is InChI=1S/C15H13FN2O2/c1-10(19)11-4-5-15(13(16)7-11)20-9-12-3-2-6-18-14(12)8-17/h2-7,10,19H,9H2,1H3/t10-/m0/s1. The highest BCUT2D eigenvalue weighted by Crippen LogP contribution is 2.23. The zero-order valence-electron chi connectivity index (χ0n) is 10.9. The van der Waals surface area contributed by atoms with Crippen molar-refractivity contribution in [3.63, 3.8) is 0 Å². The first kappa shape index (κ1) is 14.0. The van der Waals surface area contributed by atoms with E-state index in [-0.39, 0.29) is 18.1 Å². The summed E-state index contributed by atoms with van der Waals surface area (Å²) < 4.78 is 19.1. The van der Waals surface area contributed by atoms with E-state index in [1.165, 1.54) is 18.3 Å². The molecule has 20 heavy (non-hydrogen) atoms. The first-order valence-electron chi connectivity index (χ1n) is 6.06. The van der Waals surface area contributed by atoms with E-state index in [2.05, 4.69) is 4.98 Å². The van der Waals surface area contributed by atoms with Gasteiger partial charge < -0.3 is 9.84 Å². The van der Waals surface area contributed by atoms with Crippen LogP contribution in [0.15, 0.2) is 36.5 Å². The van der Waals surface area contributed by atoms with Crippen LogP contribution in [0.2, 0.25) is 0 Å². The molecule has 0 bridgehead atoms. The minimum Gasteiger partial charge on any atom is -0.486 e. The van der Waals surface area contributed by atoms with Gasteiger partial charge in [-0.2, -0.15) is 5.26 Å². The summed E-state index contributed by atoms with van der Waals surface area (Å²) in [6.45, 7) is 1.62. The van der Waals surface area contributed by atoms with Crippen LogP contribution in [0.1, 0.15) is 29.8 Å². The summed E-state index contributed by atoms with van der Waals surface area (Å²) >= 11 is 0. The number of rotatable bonds is 4. The number of ether oxygens (including phenoxy) is 1. The summed E-state index contributed by atoms with van der Waals surface area (Å²) in [5.41, 5.74) is 1.33. The molecule has 1 N–H and O–H groups in total. The van der Waals surface area contributed by atoms with Gasteiger partial charge in [0.05, 0.1) is 6.10 Å². The minimum atomic E-state index is -0.734. The Morgan fingerprint density at radius 1 is 1.45 bits per heavy atom. The lowest BCUT2D eigenvalue weighted by Crippen LogP contribution is -2.02. The van der Waals surface area contributed by atoms with Crippen LogP contribution >= 0.6 is 0 Å². The van der Waals surface area contributed by atoms with Gasteiger partial charge in [-0.3, -0.25) is 0 Å². The van der Waals surface area contributed by atoms with Crippen LogP contribution in [0.25, 0.3) is 0 Å². The number of hydrogen-bond donors (Lipinski definition) is 1. The lowest BCUT2D eigenvalue weighted by molar-refractivity contribution is 0.198. The maximum absolute atomic E-state index is 13.8. The van der Waals surface area contributed by atoms with Gasteiger partial charge in [-0.1, -0.05) is 12.1 Å². The van der Waals surface area contributed by atoms with E-state index in [1.54, 1.807) is 25.1 Å². The van der Waals surface area contributed by atoms with Gasteiger partial charge in [0.15, 0.2) is 11.6 Å². The topological polar surface area (TPSA) is 66.1 Å². The zero-order valence-corrected chi connectivity index (χ0v) is 10.9. The van der Waals surface area contributed by atoms with Gasteiger partial charge in [0.1, 0.15) is 18.4 Å². The molecule has 0 aliphatic carbocycles. The average molecular weight is 272 g/mol. The molecule has 0 saturated carbocycles. The quantitative estimate of drug-likeness (QED) is 0.929. The number of pyridine rings is 1. The molecule has 1 heterocycles. The van der Waals surface area contributed by atoms with Crippen LogP contribution in [0.5, 0.6) is 5.75 Å². The van der Waals surface area contributed by atoms with Crippen molar-refractivity contribution < 1.29 is 14.2 Å². The molecule has 2 rings (SSSR count). The van der Waals surface area contributed by atoms with Gasteiger partial charge in [0, 0.05) is 11.8 Å². The average Bonchev–Trinajstić information content (AvgIpc) is 2.46. The maximum atomic E-state index is 13.8. The van der Waals surface area contributed by atoms with Crippen LogP contribution < -0.4 is 4.74 Å². The number of nitrogens with zero attached hydrogens (tertiary/aromatic N) is 2. The molecule has 1 aromatic carbocycles. The third-order valence-corrected chi connectivity index (χ3v) is 2.82. The van der Waals surface area contributed by atoms with Crippen LogP contribution in [0.3, 0.4) is 0 Å². The number of nitriles is 1. The Labute approximate surface area is 116 Å². The Morgan fingerprint density at radius 3 is 2.90 bits per heavy atom. The summed E-state index contributed by atoms with van der Waals surface area (Å²) in [7, 11) is 0. The highest BCUT2D eigenvalue weighted by atomic mass is 19.1. The molecule has 0 spiro atoms. The molecule has 0 saturated heterocycles. The van der Waals surface area contributed by atoms with Crippen molar-refractivity contribution in [3.05, 3.63) is 59.2 Å². The molecular weight excluding hydrogens is 259 g/mol. The summed E-state index contributed by atoms with van der Waals surface area (Å²) in [6, 6.07) is 9.63. The van der Waals surface area contributed by atoms with E-state index in [0.29, 0.717) is 11.1 Å². The smallest absolute Gasteiger partial charge is 0.165 e. The Bertz CT molecular complexity index is 651. The second-order valence-corrected chi connectivity index (χ2v) is 4.28. The van der Waals surface area contributed by atoms with Crippen molar-refractivity contribution >= 4 is 0 Å². The van der Waals surface area contributed by atoms with Gasteiger partial charge in [-0.15, -0.1) is 0 Å². The molecule has 0 aliphatic heterocycles. The molecule has 5 heteroatoms. The Hall–Kier alpha value is -2.45. The lowest BCUT2D eigenvalue weighted by atomic mass is 10.1. The molecule has 1 aromatic heterocycles. The van der Waals surface area contributed by atoms with E-state index in [4.69, 9.17) is 10.00 Å². The summed E-state index contributed by atoms with van der Waals surface area (Å²) in [5, 5.41) is 18.3. The van der Waals surface area contributed by atoms with E-state index < -0.39 is 11.9 Å². The highest BCUT2D eigenvalue weighted by Gasteiger charge is 2.09. The number of aromatic nitrogens is 1. The predicted octanol–water partition coefficient (Wildman–Crippen LogP) is 2.72. The van der Waals surface area contributed by atoms with Crippen molar-refractivity contribution in [2.24, 2.45) is 0 Å². The van der Waals surface area contributed by atoms with Crippen molar-refractivity contribution in [1.82, 2.24) is 4.98 Å². The molecule has 2 aromatic rings. The van der Waals surface area contributed by atoms with Gasteiger partial charge in [0.25, 0.3) is 0 Å². The van der Waals surface area contributed by atoms with Gasteiger partial charge in [0.2, 0.25) is 0 Å². The zero-order chi connectivity index (χ0) is 14.5. The number of halogens is 1. The van der Waals surface area contributed by atoms with Crippen LogP contribution in [-0.2, 0) is 6.61 Å². The molecular formula is C15H13FN2O2. The van der Waals surface area contributed by atoms with Crippen LogP contribution in [0, 0.1) is 17.1 Å². The molecule has 0 aliphatic rings. The number of aliphatic hydroxyl groups is 1. The van der Waals surface area contributed by atoms with E-state index in [1.807, 2.05) is 6.07 Å². The Morgan fingerprint density at radius 2 is 2.25 bits per heavy atom. The van der Waals surface area contributed by atoms with E-state index in [0.717, 1.165) is 0 Å². The summed E-state index contributed by atoms with van der Waals surface area (Å²) in [6.07, 6.45) is 0.780. The fraction of sp³-hybridized carbons (Fsp3) is 0.200. The molecule has 0 radical (unpaired) electrons. The van der Waals surface area contributed by atoms with Crippen molar-refractivity contribution in [3.8, 4) is 11.8 Å². The summed E-state index contributed by atoms with van der Waals surface area (Å²) in [4.78, 5) is 3.90. The van der Waals surface area contributed by atoms with Crippen LogP contribution in [0.4, 0.5) is 4.39 Å². The van der Waals surface area contributed by atoms with E-state index in [9.17, 15) is 9.50 Å². The fourth-order valence-corrected chi connectivity index (χ4v) is 1.71. The third kappa shape index (κ3) is 3.11. The molecule has 1 atom stereocenters. The molecule has 0 amide bonds. The maximum Gasteiger partial charge on any atom is 0.165 e. The number of aliphatic hydroxyl groups excluding tert-OH is 1. The number of benzene rings is 1. The van der Waals surface area contributed by atoms with Crippen molar-refractivity contribution in [2.45, 2.75) is 19.6 Å². The van der Waals surface area contributed by atoms with Crippen molar-refractivity contribution in [1.29, 1.82) is 5.26 Å². The second-order valence-electron chi connectivity index (χ2n) is 4.28. The van der Waals surface area contributed by atoms with Gasteiger partial charge in [-0.25, -0.2) is 9.37 Å². The highest BCUT2D eigenvalue weighted by molar-refractivity contribution is 5.33. The molecule has 4 nitrogen and oxygen atoms in total. The second kappa shape index (κ2) is 6.13.